The summed E-state index contributed by atoms with van der Waals surface area (Å²) in [6.07, 6.45) is 3.15. The van der Waals surface area contributed by atoms with Crippen LogP contribution >= 0.6 is 0 Å². The Labute approximate surface area is 185 Å². The number of benzene rings is 1. The fourth-order valence-corrected chi connectivity index (χ4v) is 4.07. The third-order valence-corrected chi connectivity index (χ3v) is 5.79. The number of fused-ring (bicyclic) bond motifs is 1. The molecule has 0 aliphatic carbocycles. The summed E-state index contributed by atoms with van der Waals surface area (Å²) in [6.45, 7) is 10.9. The number of rotatable bonds is 6. The molecule has 1 aromatic rings. The first-order chi connectivity index (χ1) is 14.8. The molecule has 172 valence electrons. The summed E-state index contributed by atoms with van der Waals surface area (Å²) in [5, 5.41) is 0. The molecular formula is C24H36N2O5. The smallest absolute Gasteiger partial charge is 0.410 e. The number of hydrogen-bond donors (Lipinski definition) is 0. The zero-order chi connectivity index (χ0) is 22.4. The lowest BCUT2D eigenvalue weighted by atomic mass is 9.94. The van der Waals surface area contributed by atoms with E-state index in [4.69, 9.17) is 14.2 Å². The maximum atomic E-state index is 12.1. The van der Waals surface area contributed by atoms with Gasteiger partial charge in [-0.25, -0.2) is 9.59 Å². The van der Waals surface area contributed by atoms with Gasteiger partial charge in [0.15, 0.2) is 0 Å². The van der Waals surface area contributed by atoms with Crippen LogP contribution in [0, 0.1) is 5.92 Å². The summed E-state index contributed by atoms with van der Waals surface area (Å²) in [5.41, 5.74) is 2.39. The minimum atomic E-state index is -0.246. The van der Waals surface area contributed by atoms with E-state index in [2.05, 4.69) is 12.1 Å². The molecule has 1 aromatic carbocycles. The van der Waals surface area contributed by atoms with Crippen molar-refractivity contribution in [3.05, 3.63) is 29.3 Å². The molecule has 3 rings (SSSR count). The van der Waals surface area contributed by atoms with Gasteiger partial charge in [0.25, 0.3) is 0 Å². The van der Waals surface area contributed by atoms with Crippen molar-refractivity contribution in [2.45, 2.75) is 72.1 Å². The van der Waals surface area contributed by atoms with Crippen molar-refractivity contribution in [3.63, 3.8) is 0 Å². The number of carbonyl (C=O) groups excluding carboxylic acids is 2. The SMILES string of the molecule is CC(C)OC(=O)N1CCC(CCOc2ccc3c(c2)CCN(C(=O)OC(C)C)C3)CC1. The second-order valence-corrected chi connectivity index (χ2v) is 9.03. The van der Waals surface area contributed by atoms with Crippen LogP contribution in [0.25, 0.3) is 0 Å². The lowest BCUT2D eigenvalue weighted by molar-refractivity contribution is 0.0636. The Bertz CT molecular complexity index is 756. The van der Waals surface area contributed by atoms with Gasteiger partial charge in [0, 0.05) is 26.2 Å². The zero-order valence-corrected chi connectivity index (χ0v) is 19.3. The topological polar surface area (TPSA) is 68.3 Å². The minimum absolute atomic E-state index is 0.0767. The molecule has 1 fully saturated rings. The van der Waals surface area contributed by atoms with Gasteiger partial charge in [0.05, 0.1) is 18.8 Å². The summed E-state index contributed by atoms with van der Waals surface area (Å²) in [7, 11) is 0. The first-order valence-corrected chi connectivity index (χ1v) is 11.5. The van der Waals surface area contributed by atoms with Gasteiger partial charge in [-0.1, -0.05) is 6.07 Å². The van der Waals surface area contributed by atoms with E-state index in [0.717, 1.165) is 50.1 Å². The monoisotopic (exact) mass is 432 g/mol. The molecule has 2 heterocycles. The Kier molecular flexibility index (Phi) is 8.04. The van der Waals surface area contributed by atoms with Crippen LogP contribution in [0.1, 0.15) is 58.1 Å². The van der Waals surface area contributed by atoms with Crippen molar-refractivity contribution in [3.8, 4) is 5.75 Å². The van der Waals surface area contributed by atoms with Crippen LogP contribution in [0.5, 0.6) is 5.75 Å². The fourth-order valence-electron chi connectivity index (χ4n) is 4.07. The van der Waals surface area contributed by atoms with E-state index < -0.39 is 0 Å². The van der Waals surface area contributed by atoms with Gasteiger partial charge in [-0.3, -0.25) is 0 Å². The van der Waals surface area contributed by atoms with E-state index in [9.17, 15) is 9.59 Å². The number of hydrogen-bond acceptors (Lipinski definition) is 5. The first kappa shape index (κ1) is 23.2. The highest BCUT2D eigenvalue weighted by Crippen LogP contribution is 2.26. The highest BCUT2D eigenvalue weighted by molar-refractivity contribution is 5.68. The summed E-state index contributed by atoms with van der Waals surface area (Å²) >= 11 is 0. The molecule has 2 aliphatic rings. The normalized spacial score (nSPS) is 17.0. The molecule has 1 saturated heterocycles. The van der Waals surface area contributed by atoms with Crippen molar-refractivity contribution in [1.82, 2.24) is 9.80 Å². The minimum Gasteiger partial charge on any atom is -0.494 e. The maximum absolute atomic E-state index is 12.1. The standard InChI is InChI=1S/C24H36N2O5/c1-17(2)30-23(27)25-11-7-19(8-12-25)10-14-29-22-6-5-21-16-26(13-9-20(21)15-22)24(28)31-18(3)4/h5-6,15,17-19H,7-14,16H2,1-4H3. The van der Waals surface area contributed by atoms with Gasteiger partial charge in [0.1, 0.15) is 5.75 Å². The van der Waals surface area contributed by atoms with Crippen molar-refractivity contribution < 1.29 is 23.8 Å². The van der Waals surface area contributed by atoms with Crippen LogP contribution in [-0.4, -0.2) is 60.4 Å². The van der Waals surface area contributed by atoms with Crippen LogP contribution in [0.4, 0.5) is 9.59 Å². The molecule has 2 aliphatic heterocycles. The van der Waals surface area contributed by atoms with Crippen molar-refractivity contribution in [2.24, 2.45) is 5.92 Å². The van der Waals surface area contributed by atoms with E-state index in [1.807, 2.05) is 33.8 Å². The van der Waals surface area contributed by atoms with E-state index in [1.165, 1.54) is 5.56 Å². The Balaban J connectivity index is 1.41. The molecule has 7 heteroatoms. The number of ether oxygens (including phenoxy) is 3. The van der Waals surface area contributed by atoms with Gasteiger partial charge in [-0.05, 0) is 82.6 Å². The third-order valence-electron chi connectivity index (χ3n) is 5.79. The maximum Gasteiger partial charge on any atom is 0.410 e. The summed E-state index contributed by atoms with van der Waals surface area (Å²) in [5.74, 6) is 1.45. The quantitative estimate of drug-likeness (QED) is 0.656. The van der Waals surface area contributed by atoms with Crippen LogP contribution in [0.3, 0.4) is 0 Å². The molecule has 2 amide bonds. The Hall–Kier alpha value is -2.44. The highest BCUT2D eigenvalue weighted by atomic mass is 16.6. The van der Waals surface area contributed by atoms with Crippen LogP contribution < -0.4 is 4.74 Å². The second-order valence-electron chi connectivity index (χ2n) is 9.03. The van der Waals surface area contributed by atoms with Crippen LogP contribution in [0.15, 0.2) is 18.2 Å². The predicted octanol–water partition coefficient (Wildman–Crippen LogP) is 4.62. The molecule has 0 aromatic heterocycles. The van der Waals surface area contributed by atoms with Crippen LogP contribution in [-0.2, 0) is 22.4 Å². The first-order valence-electron chi connectivity index (χ1n) is 11.5. The molecule has 0 atom stereocenters. The lowest BCUT2D eigenvalue weighted by Crippen LogP contribution is -2.39. The number of carbonyl (C=O) groups is 2. The van der Waals surface area contributed by atoms with Gasteiger partial charge in [-0.2, -0.15) is 0 Å². The molecular weight excluding hydrogens is 396 g/mol. The molecule has 0 radical (unpaired) electrons. The van der Waals surface area contributed by atoms with E-state index in [-0.39, 0.29) is 24.4 Å². The van der Waals surface area contributed by atoms with E-state index >= 15 is 0 Å². The fraction of sp³-hybridized carbons (Fsp3) is 0.667. The predicted molar refractivity (Wildman–Crippen MR) is 118 cm³/mol. The molecule has 7 nitrogen and oxygen atoms in total. The molecule has 0 unspecified atom stereocenters. The molecule has 0 N–H and O–H groups in total. The van der Waals surface area contributed by atoms with Crippen molar-refractivity contribution in [1.29, 1.82) is 0 Å². The number of amides is 2. The van der Waals surface area contributed by atoms with Gasteiger partial charge < -0.3 is 24.0 Å². The highest BCUT2D eigenvalue weighted by Gasteiger charge is 2.25. The largest absolute Gasteiger partial charge is 0.494 e. The summed E-state index contributed by atoms with van der Waals surface area (Å²) in [6, 6.07) is 6.14. The van der Waals surface area contributed by atoms with Crippen molar-refractivity contribution in [2.75, 3.05) is 26.2 Å². The Morgan fingerprint density at radius 2 is 1.58 bits per heavy atom. The summed E-state index contributed by atoms with van der Waals surface area (Å²) in [4.78, 5) is 27.7. The molecule has 31 heavy (non-hydrogen) atoms. The molecule has 0 spiro atoms. The lowest BCUT2D eigenvalue weighted by Gasteiger charge is -2.31. The average molecular weight is 433 g/mol. The van der Waals surface area contributed by atoms with Crippen LogP contribution in [0.2, 0.25) is 0 Å². The van der Waals surface area contributed by atoms with Gasteiger partial charge in [0.2, 0.25) is 0 Å². The Morgan fingerprint density at radius 3 is 2.23 bits per heavy atom. The number of nitrogens with zero attached hydrogens (tertiary/aromatic N) is 2. The summed E-state index contributed by atoms with van der Waals surface area (Å²) < 4.78 is 16.6. The number of likely N-dealkylation sites (tertiary alicyclic amines) is 1. The number of piperidine rings is 1. The molecule has 0 bridgehead atoms. The molecule has 0 saturated carbocycles. The van der Waals surface area contributed by atoms with E-state index in [1.54, 1.807) is 9.80 Å². The second kappa shape index (κ2) is 10.7. The third kappa shape index (κ3) is 6.77. The van der Waals surface area contributed by atoms with Gasteiger partial charge in [-0.15, -0.1) is 0 Å². The van der Waals surface area contributed by atoms with E-state index in [0.29, 0.717) is 25.6 Å². The average Bonchev–Trinajstić information content (AvgIpc) is 2.73. The zero-order valence-electron chi connectivity index (χ0n) is 19.3. The van der Waals surface area contributed by atoms with Gasteiger partial charge >= 0.3 is 12.2 Å². The Morgan fingerprint density at radius 1 is 0.935 bits per heavy atom. The van der Waals surface area contributed by atoms with Crippen molar-refractivity contribution >= 4 is 12.2 Å².